The van der Waals surface area contributed by atoms with Crippen molar-refractivity contribution in [1.82, 2.24) is 0 Å². The quantitative estimate of drug-likeness (QED) is 0.378. The van der Waals surface area contributed by atoms with Crippen LogP contribution in [0.1, 0.15) is 33.1 Å². The topological polar surface area (TPSA) is 60.4 Å². The van der Waals surface area contributed by atoms with Crippen molar-refractivity contribution in [3.63, 3.8) is 0 Å². The molecule has 0 bridgehead atoms. The van der Waals surface area contributed by atoms with E-state index in [0.717, 1.165) is 12.8 Å². The van der Waals surface area contributed by atoms with E-state index in [2.05, 4.69) is 13.5 Å². The Kier molecular flexibility index (Phi) is 2.50. The van der Waals surface area contributed by atoms with Crippen molar-refractivity contribution in [2.45, 2.75) is 39.2 Å². The van der Waals surface area contributed by atoms with Crippen LogP contribution in [-0.2, 0) is 19.1 Å². The normalized spacial score (nSPS) is 45.8. The maximum Gasteiger partial charge on any atom is 0.334 e. The molecule has 0 amide bonds. The van der Waals surface area contributed by atoms with Gasteiger partial charge in [-0.25, -0.2) is 4.79 Å². The molecule has 1 heterocycles. The largest absolute Gasteiger partial charge is 0.457 e. The van der Waals surface area contributed by atoms with E-state index in [0.29, 0.717) is 12.0 Å². The highest BCUT2D eigenvalue weighted by atomic mass is 16.6. The third-order valence-corrected chi connectivity index (χ3v) is 5.44. The molecule has 0 N–H and O–H groups in total. The molecule has 1 saturated heterocycles. The lowest BCUT2D eigenvalue weighted by atomic mass is 9.68. The fourth-order valence-corrected chi connectivity index (χ4v) is 4.22. The first-order valence-electron chi connectivity index (χ1n) is 6.84. The van der Waals surface area contributed by atoms with Crippen LogP contribution in [0.2, 0.25) is 0 Å². The molecule has 1 aliphatic heterocycles. The Morgan fingerprint density at radius 1 is 1.26 bits per heavy atom. The summed E-state index contributed by atoms with van der Waals surface area (Å²) in [4.78, 5) is 35.9. The number of carbonyl (C=O) groups excluding carboxylic acids is 3. The molecule has 0 aromatic carbocycles. The second kappa shape index (κ2) is 3.78. The van der Waals surface area contributed by atoms with Crippen LogP contribution < -0.4 is 0 Å². The van der Waals surface area contributed by atoms with E-state index in [4.69, 9.17) is 4.74 Å². The lowest BCUT2D eigenvalue weighted by Crippen LogP contribution is -2.45. The van der Waals surface area contributed by atoms with Gasteiger partial charge in [0.05, 0.1) is 5.41 Å². The van der Waals surface area contributed by atoms with Crippen LogP contribution in [0.25, 0.3) is 0 Å². The van der Waals surface area contributed by atoms with Crippen LogP contribution in [0.5, 0.6) is 0 Å². The fourth-order valence-electron chi connectivity index (χ4n) is 4.22. The average molecular weight is 262 g/mol. The first-order chi connectivity index (χ1) is 8.87. The number of rotatable bonds is 0. The number of ketones is 2. The Balaban J connectivity index is 2.11. The molecule has 0 aromatic heterocycles. The van der Waals surface area contributed by atoms with Crippen LogP contribution in [0.4, 0.5) is 0 Å². The van der Waals surface area contributed by atoms with Crippen LogP contribution in [0.15, 0.2) is 12.2 Å². The maximum atomic E-state index is 12.3. The van der Waals surface area contributed by atoms with E-state index < -0.39 is 17.5 Å². The van der Waals surface area contributed by atoms with E-state index in [-0.39, 0.29) is 29.3 Å². The molecule has 2 saturated carbocycles. The Labute approximate surface area is 112 Å². The van der Waals surface area contributed by atoms with Crippen molar-refractivity contribution in [1.29, 1.82) is 0 Å². The highest BCUT2D eigenvalue weighted by Crippen LogP contribution is 2.55. The minimum Gasteiger partial charge on any atom is -0.457 e. The minimum absolute atomic E-state index is 0.0128. The molecular formula is C15H18O4. The van der Waals surface area contributed by atoms with E-state index in [9.17, 15) is 14.4 Å². The molecule has 4 nitrogen and oxygen atoms in total. The van der Waals surface area contributed by atoms with Gasteiger partial charge in [0.2, 0.25) is 5.78 Å². The van der Waals surface area contributed by atoms with Gasteiger partial charge in [-0.05, 0) is 31.6 Å². The molecule has 2 aliphatic carbocycles. The Morgan fingerprint density at radius 3 is 2.63 bits per heavy atom. The van der Waals surface area contributed by atoms with Gasteiger partial charge >= 0.3 is 5.97 Å². The molecule has 3 rings (SSSR count). The van der Waals surface area contributed by atoms with Gasteiger partial charge in [-0.1, -0.05) is 13.5 Å². The smallest absolute Gasteiger partial charge is 0.334 e. The van der Waals surface area contributed by atoms with Crippen LogP contribution in [0.3, 0.4) is 0 Å². The van der Waals surface area contributed by atoms with E-state index in [1.54, 1.807) is 6.92 Å². The molecule has 3 aliphatic rings. The van der Waals surface area contributed by atoms with Crippen LogP contribution in [-0.4, -0.2) is 23.6 Å². The molecule has 5 atom stereocenters. The summed E-state index contributed by atoms with van der Waals surface area (Å²) in [6.45, 7) is 7.69. The summed E-state index contributed by atoms with van der Waals surface area (Å²) in [5, 5.41) is 0. The minimum atomic E-state index is -0.854. The van der Waals surface area contributed by atoms with Crippen molar-refractivity contribution in [3.05, 3.63) is 12.2 Å². The molecule has 0 radical (unpaired) electrons. The van der Waals surface area contributed by atoms with Gasteiger partial charge in [0.1, 0.15) is 6.10 Å². The van der Waals surface area contributed by atoms with Gasteiger partial charge < -0.3 is 4.74 Å². The van der Waals surface area contributed by atoms with Gasteiger partial charge in [0.25, 0.3) is 0 Å². The molecule has 19 heavy (non-hydrogen) atoms. The highest BCUT2D eigenvalue weighted by Gasteiger charge is 2.63. The summed E-state index contributed by atoms with van der Waals surface area (Å²) in [5.74, 6) is -0.910. The molecule has 3 fully saturated rings. The number of hydrogen-bond acceptors (Lipinski definition) is 4. The molecule has 5 unspecified atom stereocenters. The number of hydrogen-bond donors (Lipinski definition) is 0. The van der Waals surface area contributed by atoms with Gasteiger partial charge in [0.15, 0.2) is 5.78 Å². The second-order valence-corrected chi connectivity index (χ2v) is 6.36. The summed E-state index contributed by atoms with van der Waals surface area (Å²) in [6.07, 6.45) is 1.51. The maximum absolute atomic E-state index is 12.3. The molecule has 4 heteroatoms. The molecular weight excluding hydrogens is 244 g/mol. The number of ether oxygens (including phenoxy) is 1. The number of carbonyl (C=O) groups is 3. The van der Waals surface area contributed by atoms with Gasteiger partial charge in [-0.3, -0.25) is 9.59 Å². The first kappa shape index (κ1) is 12.6. The van der Waals surface area contributed by atoms with Crippen LogP contribution >= 0.6 is 0 Å². The zero-order valence-corrected chi connectivity index (χ0v) is 11.3. The average Bonchev–Trinajstić information content (AvgIpc) is 2.74. The Morgan fingerprint density at radius 2 is 1.95 bits per heavy atom. The SMILES string of the molecule is C=C1C(=O)OC2C1CCC(C)C1CC(=O)C(=O)C12C. The summed E-state index contributed by atoms with van der Waals surface area (Å²) >= 11 is 0. The summed E-state index contributed by atoms with van der Waals surface area (Å²) in [6, 6.07) is 0. The lowest BCUT2D eigenvalue weighted by molar-refractivity contribution is -0.153. The Hall–Kier alpha value is -1.45. The molecule has 0 aromatic rings. The first-order valence-corrected chi connectivity index (χ1v) is 6.84. The second-order valence-electron chi connectivity index (χ2n) is 6.36. The van der Waals surface area contributed by atoms with Crippen molar-refractivity contribution in [3.8, 4) is 0 Å². The fraction of sp³-hybridized carbons (Fsp3) is 0.667. The lowest BCUT2D eigenvalue weighted by Gasteiger charge is -2.35. The summed E-state index contributed by atoms with van der Waals surface area (Å²) < 4.78 is 5.43. The highest BCUT2D eigenvalue weighted by molar-refractivity contribution is 6.41. The number of fused-ring (bicyclic) bond motifs is 3. The van der Waals surface area contributed by atoms with Crippen molar-refractivity contribution >= 4 is 17.5 Å². The Bertz CT molecular complexity index is 506. The van der Waals surface area contributed by atoms with E-state index in [1.165, 1.54) is 0 Å². The standard InChI is InChI=1S/C15H18O4/c1-7-4-5-9-8(2)14(18)19-13(9)15(3)10(7)6-11(16)12(15)17/h7,9-10,13H,2,4-6H2,1,3H3. The number of Topliss-reactive ketones (excluding diaryl/α,β-unsaturated/α-hetero) is 2. The van der Waals surface area contributed by atoms with Crippen molar-refractivity contribution < 1.29 is 19.1 Å². The predicted molar refractivity (Wildman–Crippen MR) is 67.1 cm³/mol. The van der Waals surface area contributed by atoms with Crippen LogP contribution in [0, 0.1) is 23.2 Å². The van der Waals surface area contributed by atoms with Crippen molar-refractivity contribution in [2.75, 3.05) is 0 Å². The zero-order chi connectivity index (χ0) is 13.9. The van der Waals surface area contributed by atoms with Gasteiger partial charge in [-0.15, -0.1) is 0 Å². The van der Waals surface area contributed by atoms with E-state index >= 15 is 0 Å². The van der Waals surface area contributed by atoms with Gasteiger partial charge in [0, 0.05) is 17.9 Å². The van der Waals surface area contributed by atoms with Gasteiger partial charge in [-0.2, -0.15) is 0 Å². The van der Waals surface area contributed by atoms with Crippen molar-refractivity contribution in [2.24, 2.45) is 23.2 Å². The molecule has 0 spiro atoms. The monoisotopic (exact) mass is 262 g/mol. The zero-order valence-electron chi connectivity index (χ0n) is 11.3. The third-order valence-electron chi connectivity index (χ3n) is 5.44. The summed E-state index contributed by atoms with van der Waals surface area (Å²) in [5.41, 5.74) is -0.390. The summed E-state index contributed by atoms with van der Waals surface area (Å²) in [7, 11) is 0. The third kappa shape index (κ3) is 1.43. The number of esters is 1. The van der Waals surface area contributed by atoms with E-state index in [1.807, 2.05) is 0 Å². The predicted octanol–water partition coefficient (Wildman–Crippen LogP) is 1.68. The molecule has 102 valence electrons.